The van der Waals surface area contributed by atoms with Crippen LogP contribution in [0.5, 0.6) is 0 Å². The molecule has 0 aliphatic heterocycles. The van der Waals surface area contributed by atoms with Gasteiger partial charge in [0.1, 0.15) is 6.42 Å². The van der Waals surface area contributed by atoms with Gasteiger partial charge < -0.3 is 10.6 Å². The fourth-order valence-corrected chi connectivity index (χ4v) is 1.96. The molecule has 2 rings (SSSR count). The van der Waals surface area contributed by atoms with Gasteiger partial charge in [0.25, 0.3) is 0 Å². The highest BCUT2D eigenvalue weighted by Gasteiger charge is 2.09. The summed E-state index contributed by atoms with van der Waals surface area (Å²) in [6.07, 6.45) is -0.181. The van der Waals surface area contributed by atoms with Crippen LogP contribution >= 0.6 is 0 Å². The van der Waals surface area contributed by atoms with E-state index in [-0.39, 0.29) is 18.2 Å². The number of rotatable bonds is 5. The molecule has 22 heavy (non-hydrogen) atoms. The van der Waals surface area contributed by atoms with Crippen molar-refractivity contribution < 1.29 is 9.59 Å². The zero-order valence-corrected chi connectivity index (χ0v) is 12.8. The van der Waals surface area contributed by atoms with Gasteiger partial charge >= 0.3 is 0 Å². The van der Waals surface area contributed by atoms with Crippen LogP contribution in [0.25, 0.3) is 0 Å². The standard InChI is InChI=1S/C18H20N2O2/c1-13-3-7-15(8-4-13)12-19-17(21)11-18(22)20-16-9-5-14(2)6-10-16/h3-10H,11-12H2,1-2H3,(H,19,21)(H,20,22). The van der Waals surface area contributed by atoms with Crippen LogP contribution in [0.2, 0.25) is 0 Å². The van der Waals surface area contributed by atoms with E-state index >= 15 is 0 Å². The predicted molar refractivity (Wildman–Crippen MR) is 87.5 cm³/mol. The van der Waals surface area contributed by atoms with Crippen LogP contribution in [-0.4, -0.2) is 11.8 Å². The normalized spacial score (nSPS) is 10.1. The van der Waals surface area contributed by atoms with Crippen molar-refractivity contribution in [2.45, 2.75) is 26.8 Å². The molecule has 0 aromatic heterocycles. The fourth-order valence-electron chi connectivity index (χ4n) is 1.96. The number of benzene rings is 2. The largest absolute Gasteiger partial charge is 0.352 e. The van der Waals surface area contributed by atoms with Crippen LogP contribution in [0.15, 0.2) is 48.5 Å². The Morgan fingerprint density at radius 1 is 0.818 bits per heavy atom. The van der Waals surface area contributed by atoms with E-state index in [2.05, 4.69) is 10.6 Å². The summed E-state index contributed by atoms with van der Waals surface area (Å²) in [4.78, 5) is 23.6. The Balaban J connectivity index is 1.77. The molecule has 0 saturated carbocycles. The first-order valence-corrected chi connectivity index (χ1v) is 7.22. The van der Waals surface area contributed by atoms with E-state index in [9.17, 15) is 9.59 Å². The molecule has 0 atom stereocenters. The lowest BCUT2D eigenvalue weighted by Crippen LogP contribution is -2.27. The minimum atomic E-state index is -0.315. The van der Waals surface area contributed by atoms with Gasteiger partial charge in [-0.25, -0.2) is 0 Å². The molecule has 0 radical (unpaired) electrons. The molecule has 2 aromatic carbocycles. The van der Waals surface area contributed by atoms with Gasteiger partial charge in [0.15, 0.2) is 0 Å². The Hall–Kier alpha value is -2.62. The van der Waals surface area contributed by atoms with Crippen molar-refractivity contribution in [2.75, 3.05) is 5.32 Å². The molecule has 0 fully saturated rings. The number of carbonyl (C=O) groups excluding carboxylic acids is 2. The molecule has 4 nitrogen and oxygen atoms in total. The number of carbonyl (C=O) groups is 2. The summed E-state index contributed by atoms with van der Waals surface area (Å²) in [6, 6.07) is 15.4. The van der Waals surface area contributed by atoms with Crippen molar-refractivity contribution in [1.82, 2.24) is 5.32 Å². The first kappa shape index (κ1) is 15.8. The Labute approximate surface area is 130 Å². The third-order valence-corrected chi connectivity index (χ3v) is 3.27. The molecule has 0 bridgehead atoms. The van der Waals surface area contributed by atoms with Crippen LogP contribution in [-0.2, 0) is 16.1 Å². The lowest BCUT2D eigenvalue weighted by atomic mass is 10.1. The zero-order valence-electron chi connectivity index (χ0n) is 12.8. The van der Waals surface area contributed by atoms with Gasteiger partial charge in [-0.2, -0.15) is 0 Å². The van der Waals surface area contributed by atoms with Crippen molar-refractivity contribution in [3.8, 4) is 0 Å². The van der Waals surface area contributed by atoms with Crippen LogP contribution in [0.1, 0.15) is 23.1 Å². The minimum Gasteiger partial charge on any atom is -0.352 e. The monoisotopic (exact) mass is 296 g/mol. The van der Waals surface area contributed by atoms with Crippen molar-refractivity contribution in [3.05, 3.63) is 65.2 Å². The van der Waals surface area contributed by atoms with E-state index in [0.29, 0.717) is 12.2 Å². The quantitative estimate of drug-likeness (QED) is 0.833. The van der Waals surface area contributed by atoms with Crippen LogP contribution in [0.3, 0.4) is 0 Å². The second kappa shape index (κ2) is 7.41. The molecule has 0 aliphatic carbocycles. The second-order valence-corrected chi connectivity index (χ2v) is 5.35. The molecular weight excluding hydrogens is 276 g/mol. The van der Waals surface area contributed by atoms with Crippen molar-refractivity contribution in [2.24, 2.45) is 0 Å². The van der Waals surface area contributed by atoms with Gasteiger partial charge in [-0.15, -0.1) is 0 Å². The molecule has 2 aromatic rings. The summed E-state index contributed by atoms with van der Waals surface area (Å²) in [5.41, 5.74) is 4.00. The summed E-state index contributed by atoms with van der Waals surface area (Å²) in [7, 11) is 0. The van der Waals surface area contributed by atoms with E-state index in [1.807, 2.05) is 62.4 Å². The summed E-state index contributed by atoms with van der Waals surface area (Å²) in [6.45, 7) is 4.42. The Morgan fingerprint density at radius 3 is 1.95 bits per heavy atom. The first-order chi connectivity index (χ1) is 10.5. The molecule has 114 valence electrons. The summed E-state index contributed by atoms with van der Waals surface area (Å²) in [5, 5.41) is 5.45. The van der Waals surface area contributed by atoms with Gasteiger partial charge in [-0.1, -0.05) is 47.5 Å². The van der Waals surface area contributed by atoms with Crippen molar-refractivity contribution in [3.63, 3.8) is 0 Å². The Bertz CT molecular complexity index is 646. The lowest BCUT2D eigenvalue weighted by Gasteiger charge is -2.07. The van der Waals surface area contributed by atoms with E-state index in [0.717, 1.165) is 11.1 Å². The zero-order chi connectivity index (χ0) is 15.9. The summed E-state index contributed by atoms with van der Waals surface area (Å²) in [5.74, 6) is -0.601. The number of amides is 2. The SMILES string of the molecule is Cc1ccc(CNC(=O)CC(=O)Nc2ccc(C)cc2)cc1. The smallest absolute Gasteiger partial charge is 0.233 e. The van der Waals surface area contributed by atoms with E-state index in [1.165, 1.54) is 5.56 Å². The third kappa shape index (κ3) is 5.05. The summed E-state index contributed by atoms with van der Waals surface area (Å²) >= 11 is 0. The predicted octanol–water partition coefficient (Wildman–Crippen LogP) is 2.95. The number of hydrogen-bond acceptors (Lipinski definition) is 2. The number of anilines is 1. The average Bonchev–Trinajstić information content (AvgIpc) is 2.49. The topological polar surface area (TPSA) is 58.2 Å². The molecule has 0 unspecified atom stereocenters. The van der Waals surface area contributed by atoms with Gasteiger partial charge in [0.05, 0.1) is 0 Å². The van der Waals surface area contributed by atoms with Gasteiger partial charge in [0, 0.05) is 12.2 Å². The Morgan fingerprint density at radius 2 is 1.36 bits per heavy atom. The van der Waals surface area contributed by atoms with E-state index < -0.39 is 0 Å². The van der Waals surface area contributed by atoms with E-state index in [1.54, 1.807) is 0 Å². The van der Waals surface area contributed by atoms with Crippen molar-refractivity contribution >= 4 is 17.5 Å². The summed E-state index contributed by atoms with van der Waals surface area (Å²) < 4.78 is 0. The fraction of sp³-hybridized carbons (Fsp3) is 0.222. The molecular formula is C18H20N2O2. The number of aryl methyl sites for hydroxylation is 2. The van der Waals surface area contributed by atoms with Crippen molar-refractivity contribution in [1.29, 1.82) is 0 Å². The molecule has 0 spiro atoms. The maximum atomic E-state index is 11.8. The Kier molecular flexibility index (Phi) is 5.31. The minimum absolute atomic E-state index is 0.181. The van der Waals surface area contributed by atoms with Crippen LogP contribution < -0.4 is 10.6 Å². The first-order valence-electron chi connectivity index (χ1n) is 7.22. The maximum Gasteiger partial charge on any atom is 0.233 e. The number of nitrogens with one attached hydrogen (secondary N) is 2. The molecule has 0 aliphatic rings. The van der Waals surface area contributed by atoms with Crippen LogP contribution in [0, 0.1) is 13.8 Å². The highest BCUT2D eigenvalue weighted by molar-refractivity contribution is 6.03. The van der Waals surface area contributed by atoms with Gasteiger partial charge in [-0.3, -0.25) is 9.59 Å². The van der Waals surface area contributed by atoms with E-state index in [4.69, 9.17) is 0 Å². The lowest BCUT2D eigenvalue weighted by molar-refractivity contribution is -0.126. The van der Waals surface area contributed by atoms with Crippen LogP contribution in [0.4, 0.5) is 5.69 Å². The molecule has 2 amide bonds. The second-order valence-electron chi connectivity index (χ2n) is 5.35. The molecule has 4 heteroatoms. The number of hydrogen-bond donors (Lipinski definition) is 2. The van der Waals surface area contributed by atoms with Gasteiger partial charge in [-0.05, 0) is 31.5 Å². The molecule has 0 heterocycles. The average molecular weight is 296 g/mol. The molecule has 2 N–H and O–H groups in total. The maximum absolute atomic E-state index is 11.8. The highest BCUT2D eigenvalue weighted by atomic mass is 16.2. The molecule has 0 saturated heterocycles. The third-order valence-electron chi connectivity index (χ3n) is 3.27. The highest BCUT2D eigenvalue weighted by Crippen LogP contribution is 2.09. The van der Waals surface area contributed by atoms with Gasteiger partial charge in [0.2, 0.25) is 11.8 Å².